The molecule has 3 N–H and O–H groups in total. The number of hydrogen-bond acceptors (Lipinski definition) is 4. The number of halogens is 3. The zero-order valence-corrected chi connectivity index (χ0v) is 17.0. The second-order valence-corrected chi connectivity index (χ2v) is 7.46. The zero-order chi connectivity index (χ0) is 23.0. The van der Waals surface area contributed by atoms with Crippen LogP contribution in [0.3, 0.4) is 0 Å². The van der Waals surface area contributed by atoms with Gasteiger partial charge in [0.05, 0.1) is 5.56 Å². The van der Waals surface area contributed by atoms with Gasteiger partial charge in [-0.05, 0) is 35.2 Å². The average Bonchev–Trinajstić information content (AvgIpc) is 3.02. The number of nitrogens with zero attached hydrogens (tertiary/aromatic N) is 1. The molecule has 0 radical (unpaired) electrons. The van der Waals surface area contributed by atoms with Gasteiger partial charge in [0.1, 0.15) is 5.54 Å². The van der Waals surface area contributed by atoms with Crippen molar-refractivity contribution in [3.63, 3.8) is 0 Å². The first kappa shape index (κ1) is 22.5. The molecule has 1 aliphatic rings. The first-order valence-electron chi connectivity index (χ1n) is 9.74. The number of carbonyl (C=O) groups excluding carboxylic acids is 3. The summed E-state index contributed by atoms with van der Waals surface area (Å²) in [4.78, 5) is 39.6. The molecule has 31 heavy (non-hydrogen) atoms. The molecule has 6 nitrogen and oxygen atoms in total. The average molecular weight is 433 g/mol. The lowest BCUT2D eigenvalue weighted by molar-refractivity contribution is -0.137. The molecule has 0 spiro atoms. The Morgan fingerprint density at radius 2 is 1.74 bits per heavy atom. The fraction of sp³-hybridized carbons (Fsp3) is 0.318. The minimum absolute atomic E-state index is 0.0771. The summed E-state index contributed by atoms with van der Waals surface area (Å²) in [5, 5.41) is 2.18. The Balaban J connectivity index is 2.09. The quantitative estimate of drug-likeness (QED) is 0.702. The molecule has 1 fully saturated rings. The lowest BCUT2D eigenvalue weighted by Gasteiger charge is -2.37. The number of benzene rings is 2. The molecule has 2 atom stereocenters. The molecule has 1 saturated heterocycles. The Morgan fingerprint density at radius 3 is 2.29 bits per heavy atom. The standard InChI is InChI=1S/C22H22F3N3O3/c1-3-13(2)21(12-26)19(30)27-20(31)28(21)18(29)17-7-5-4-6-16(17)14-8-10-15(11-9-14)22(23,24)25/h4-11,13H,3,12,26H2,1-2H3,(H,27,30,31). The molecule has 1 heterocycles. The number of rotatable bonds is 5. The maximum atomic E-state index is 13.5. The van der Waals surface area contributed by atoms with Crippen LogP contribution < -0.4 is 11.1 Å². The van der Waals surface area contributed by atoms with Crippen molar-refractivity contribution in [1.29, 1.82) is 0 Å². The van der Waals surface area contributed by atoms with Crippen LogP contribution in [0.1, 0.15) is 36.2 Å². The second kappa shape index (κ2) is 8.14. The minimum atomic E-state index is -4.49. The third-order valence-electron chi connectivity index (χ3n) is 5.84. The van der Waals surface area contributed by atoms with Gasteiger partial charge in [-0.25, -0.2) is 9.69 Å². The Labute approximate surface area is 177 Å². The first-order valence-corrected chi connectivity index (χ1v) is 9.74. The van der Waals surface area contributed by atoms with Crippen LogP contribution in [0.15, 0.2) is 48.5 Å². The van der Waals surface area contributed by atoms with Gasteiger partial charge in [-0.2, -0.15) is 13.2 Å². The van der Waals surface area contributed by atoms with E-state index in [2.05, 4.69) is 5.32 Å². The Morgan fingerprint density at radius 1 is 1.13 bits per heavy atom. The SMILES string of the molecule is CCC(C)C1(CN)C(=O)NC(=O)N1C(=O)c1ccccc1-c1ccc(C(F)(F)F)cc1. The van der Waals surface area contributed by atoms with Gasteiger partial charge >= 0.3 is 12.2 Å². The number of urea groups is 1. The van der Waals surface area contributed by atoms with E-state index in [1.807, 2.05) is 6.92 Å². The molecule has 2 unspecified atom stereocenters. The van der Waals surface area contributed by atoms with Crippen molar-refractivity contribution in [2.75, 3.05) is 6.54 Å². The van der Waals surface area contributed by atoms with Crippen molar-refractivity contribution in [3.05, 3.63) is 59.7 Å². The molecule has 0 bridgehead atoms. The minimum Gasteiger partial charge on any atom is -0.328 e. The molecule has 164 valence electrons. The third kappa shape index (κ3) is 3.69. The van der Waals surface area contributed by atoms with Gasteiger partial charge in [0.2, 0.25) is 0 Å². The van der Waals surface area contributed by atoms with Crippen LogP contribution in [-0.2, 0) is 11.0 Å². The molecule has 0 aromatic heterocycles. The molecule has 1 aliphatic heterocycles. The van der Waals surface area contributed by atoms with Crippen molar-refractivity contribution in [2.45, 2.75) is 32.0 Å². The van der Waals surface area contributed by atoms with E-state index in [0.717, 1.165) is 17.0 Å². The lowest BCUT2D eigenvalue weighted by Crippen LogP contribution is -2.61. The van der Waals surface area contributed by atoms with Gasteiger partial charge in [0.25, 0.3) is 11.8 Å². The Hall–Kier alpha value is -3.20. The fourth-order valence-corrected chi connectivity index (χ4v) is 3.87. The van der Waals surface area contributed by atoms with Crippen LogP contribution in [0.25, 0.3) is 11.1 Å². The number of amides is 4. The molecular weight excluding hydrogens is 411 g/mol. The molecule has 4 amide bonds. The van der Waals surface area contributed by atoms with Gasteiger partial charge in [-0.1, -0.05) is 50.6 Å². The number of hydrogen-bond donors (Lipinski definition) is 2. The summed E-state index contributed by atoms with van der Waals surface area (Å²) < 4.78 is 38.7. The smallest absolute Gasteiger partial charge is 0.328 e. The van der Waals surface area contributed by atoms with Crippen LogP contribution in [0.2, 0.25) is 0 Å². The summed E-state index contributed by atoms with van der Waals surface area (Å²) in [5.74, 6) is -1.80. The summed E-state index contributed by atoms with van der Waals surface area (Å²) in [6, 6.07) is 9.72. The third-order valence-corrected chi connectivity index (χ3v) is 5.84. The normalized spacial score (nSPS) is 20.0. The second-order valence-electron chi connectivity index (χ2n) is 7.46. The van der Waals surface area contributed by atoms with Crippen molar-refractivity contribution in [1.82, 2.24) is 10.2 Å². The largest absolute Gasteiger partial charge is 0.416 e. The maximum absolute atomic E-state index is 13.5. The highest BCUT2D eigenvalue weighted by atomic mass is 19.4. The van der Waals surface area contributed by atoms with E-state index in [1.165, 1.54) is 18.2 Å². The Kier molecular flexibility index (Phi) is 5.91. The summed E-state index contributed by atoms with van der Waals surface area (Å²) >= 11 is 0. The summed E-state index contributed by atoms with van der Waals surface area (Å²) in [6.07, 6.45) is -4.00. The van der Waals surface area contributed by atoms with E-state index in [0.29, 0.717) is 17.5 Å². The highest BCUT2D eigenvalue weighted by Gasteiger charge is 2.57. The van der Waals surface area contributed by atoms with Crippen LogP contribution in [0, 0.1) is 5.92 Å². The molecule has 9 heteroatoms. The van der Waals surface area contributed by atoms with Gasteiger partial charge in [0.15, 0.2) is 0 Å². The zero-order valence-electron chi connectivity index (χ0n) is 17.0. The van der Waals surface area contributed by atoms with Gasteiger partial charge in [0, 0.05) is 12.1 Å². The van der Waals surface area contributed by atoms with Crippen LogP contribution in [-0.4, -0.2) is 34.8 Å². The highest BCUT2D eigenvalue weighted by molar-refractivity contribution is 6.19. The molecule has 2 aromatic rings. The van der Waals surface area contributed by atoms with E-state index in [4.69, 9.17) is 5.73 Å². The monoisotopic (exact) mass is 433 g/mol. The predicted molar refractivity (Wildman–Crippen MR) is 108 cm³/mol. The van der Waals surface area contributed by atoms with Crippen LogP contribution >= 0.6 is 0 Å². The topological polar surface area (TPSA) is 92.5 Å². The van der Waals surface area contributed by atoms with Crippen molar-refractivity contribution < 1.29 is 27.6 Å². The Bertz CT molecular complexity index is 1020. The number of nitrogens with two attached hydrogens (primary N) is 1. The van der Waals surface area contributed by atoms with Crippen molar-refractivity contribution >= 4 is 17.8 Å². The molecule has 2 aromatic carbocycles. The van der Waals surface area contributed by atoms with Gasteiger partial charge in [-0.3, -0.25) is 14.9 Å². The lowest BCUT2D eigenvalue weighted by atomic mass is 9.81. The summed E-state index contributed by atoms with van der Waals surface area (Å²) in [6.45, 7) is 3.29. The van der Waals surface area contributed by atoms with Crippen molar-refractivity contribution in [3.8, 4) is 11.1 Å². The fourth-order valence-electron chi connectivity index (χ4n) is 3.87. The maximum Gasteiger partial charge on any atom is 0.416 e. The molecular formula is C22H22F3N3O3. The molecule has 3 rings (SSSR count). The van der Waals surface area contributed by atoms with Crippen LogP contribution in [0.5, 0.6) is 0 Å². The summed E-state index contributed by atoms with van der Waals surface area (Å²) in [5.41, 5.74) is 4.31. The molecule has 0 aliphatic carbocycles. The van der Waals surface area contributed by atoms with Crippen LogP contribution in [0.4, 0.5) is 18.0 Å². The van der Waals surface area contributed by atoms with E-state index in [-0.39, 0.29) is 12.1 Å². The number of alkyl halides is 3. The number of imide groups is 2. The van der Waals surface area contributed by atoms with E-state index >= 15 is 0 Å². The molecule has 0 saturated carbocycles. The van der Waals surface area contributed by atoms with Gasteiger partial charge in [-0.15, -0.1) is 0 Å². The van der Waals surface area contributed by atoms with Crippen molar-refractivity contribution in [2.24, 2.45) is 11.7 Å². The van der Waals surface area contributed by atoms with Gasteiger partial charge < -0.3 is 5.73 Å². The number of carbonyl (C=O) groups is 3. The predicted octanol–water partition coefficient (Wildman–Crippen LogP) is 3.81. The van der Waals surface area contributed by atoms with E-state index in [9.17, 15) is 27.6 Å². The highest BCUT2D eigenvalue weighted by Crippen LogP contribution is 2.36. The van der Waals surface area contributed by atoms with E-state index < -0.39 is 41.0 Å². The van der Waals surface area contributed by atoms with E-state index in [1.54, 1.807) is 25.1 Å². The summed E-state index contributed by atoms with van der Waals surface area (Å²) in [7, 11) is 0. The number of nitrogens with one attached hydrogen (secondary N) is 1. The first-order chi connectivity index (χ1) is 14.6.